The number of ether oxygens (including phenoxy) is 1. The molecule has 1 N–H and O–H groups in total. The van der Waals surface area contributed by atoms with Gasteiger partial charge < -0.3 is 9.84 Å². The van der Waals surface area contributed by atoms with Gasteiger partial charge >= 0.3 is 0 Å². The summed E-state index contributed by atoms with van der Waals surface area (Å²) < 4.78 is 5.26. The molecule has 2 rings (SSSR count). The lowest BCUT2D eigenvalue weighted by Crippen LogP contribution is -2.41. The van der Waals surface area contributed by atoms with E-state index >= 15 is 0 Å². The standard InChI is InChI=1S/C15H19NO2/c1-15(2)13(6-7-16)12-9-11(18-3)5-4-10(12)8-14(15)17/h4-5,9,13-14,17H,6,8H2,1-3H3. The van der Waals surface area contributed by atoms with Crippen LogP contribution in [0.5, 0.6) is 5.75 Å². The Morgan fingerprint density at radius 1 is 1.50 bits per heavy atom. The number of aliphatic hydroxyl groups excluding tert-OH is 1. The molecule has 96 valence electrons. The maximum Gasteiger partial charge on any atom is 0.119 e. The van der Waals surface area contributed by atoms with Crippen molar-refractivity contribution in [2.24, 2.45) is 5.41 Å². The van der Waals surface area contributed by atoms with Gasteiger partial charge in [0.2, 0.25) is 0 Å². The zero-order valence-corrected chi connectivity index (χ0v) is 11.1. The second-order valence-corrected chi connectivity index (χ2v) is 5.52. The summed E-state index contributed by atoms with van der Waals surface area (Å²) in [6.45, 7) is 4.06. The highest BCUT2D eigenvalue weighted by molar-refractivity contribution is 5.42. The van der Waals surface area contributed by atoms with Gasteiger partial charge in [-0.05, 0) is 35.1 Å². The zero-order chi connectivity index (χ0) is 13.3. The number of aliphatic hydroxyl groups is 1. The molecule has 1 aromatic carbocycles. The fraction of sp³-hybridized carbons (Fsp3) is 0.533. The van der Waals surface area contributed by atoms with Crippen LogP contribution in [0.15, 0.2) is 18.2 Å². The normalized spacial score (nSPS) is 25.1. The summed E-state index contributed by atoms with van der Waals surface area (Å²) in [5.41, 5.74) is 1.99. The van der Waals surface area contributed by atoms with Crippen molar-refractivity contribution in [2.45, 2.75) is 38.7 Å². The molecule has 0 saturated carbocycles. The average Bonchev–Trinajstić information content (AvgIpc) is 2.35. The Morgan fingerprint density at radius 3 is 2.83 bits per heavy atom. The number of rotatable bonds is 2. The highest BCUT2D eigenvalue weighted by Crippen LogP contribution is 2.47. The van der Waals surface area contributed by atoms with Crippen LogP contribution in [-0.2, 0) is 6.42 Å². The highest BCUT2D eigenvalue weighted by Gasteiger charge is 2.42. The number of methoxy groups -OCH3 is 1. The fourth-order valence-electron chi connectivity index (χ4n) is 2.78. The molecule has 1 aliphatic rings. The second-order valence-electron chi connectivity index (χ2n) is 5.52. The first kappa shape index (κ1) is 12.9. The Hall–Kier alpha value is -1.53. The van der Waals surface area contributed by atoms with Crippen molar-refractivity contribution in [3.05, 3.63) is 29.3 Å². The quantitative estimate of drug-likeness (QED) is 0.871. The third kappa shape index (κ3) is 1.97. The Labute approximate surface area is 108 Å². The highest BCUT2D eigenvalue weighted by atomic mass is 16.5. The molecule has 3 heteroatoms. The minimum atomic E-state index is -0.406. The average molecular weight is 245 g/mol. The van der Waals surface area contributed by atoms with Crippen molar-refractivity contribution in [3.8, 4) is 11.8 Å². The molecule has 0 saturated heterocycles. The lowest BCUT2D eigenvalue weighted by Gasteiger charge is -2.43. The predicted molar refractivity (Wildman–Crippen MR) is 69.5 cm³/mol. The molecule has 0 amide bonds. The van der Waals surface area contributed by atoms with Crippen LogP contribution in [0.2, 0.25) is 0 Å². The molecule has 0 bridgehead atoms. The van der Waals surface area contributed by atoms with Crippen molar-refractivity contribution in [1.82, 2.24) is 0 Å². The van der Waals surface area contributed by atoms with E-state index in [0.29, 0.717) is 12.8 Å². The third-order valence-corrected chi connectivity index (χ3v) is 4.19. The molecule has 0 spiro atoms. The minimum Gasteiger partial charge on any atom is -0.497 e. The van der Waals surface area contributed by atoms with E-state index < -0.39 is 6.10 Å². The number of nitriles is 1. The third-order valence-electron chi connectivity index (χ3n) is 4.19. The van der Waals surface area contributed by atoms with E-state index in [1.54, 1.807) is 7.11 Å². The van der Waals surface area contributed by atoms with E-state index in [-0.39, 0.29) is 11.3 Å². The number of benzene rings is 1. The van der Waals surface area contributed by atoms with Crippen molar-refractivity contribution in [3.63, 3.8) is 0 Å². The molecule has 0 aliphatic heterocycles. The Kier molecular flexibility index (Phi) is 3.32. The molecule has 0 fully saturated rings. The van der Waals surface area contributed by atoms with Crippen LogP contribution in [0.25, 0.3) is 0 Å². The van der Waals surface area contributed by atoms with Crippen LogP contribution < -0.4 is 4.74 Å². The first-order valence-electron chi connectivity index (χ1n) is 6.22. The van der Waals surface area contributed by atoms with Crippen LogP contribution in [0.1, 0.15) is 37.3 Å². The molecular weight excluding hydrogens is 226 g/mol. The molecule has 1 aliphatic carbocycles. The first-order chi connectivity index (χ1) is 8.50. The van der Waals surface area contributed by atoms with Crippen LogP contribution >= 0.6 is 0 Å². The SMILES string of the molecule is COc1ccc2c(c1)C(CC#N)C(C)(C)C(O)C2. The van der Waals surface area contributed by atoms with Crippen LogP contribution in [0, 0.1) is 16.7 Å². The number of fused-ring (bicyclic) bond motifs is 1. The minimum absolute atomic E-state index is 0.0522. The van der Waals surface area contributed by atoms with Gasteiger partial charge in [0.25, 0.3) is 0 Å². The smallest absolute Gasteiger partial charge is 0.119 e. The summed E-state index contributed by atoms with van der Waals surface area (Å²) in [5.74, 6) is 0.861. The van der Waals surface area contributed by atoms with E-state index in [1.807, 2.05) is 32.0 Å². The Morgan fingerprint density at radius 2 is 2.22 bits per heavy atom. The maximum atomic E-state index is 10.3. The van der Waals surface area contributed by atoms with Crippen molar-refractivity contribution < 1.29 is 9.84 Å². The van der Waals surface area contributed by atoms with Gasteiger partial charge in [0.1, 0.15) is 5.75 Å². The van der Waals surface area contributed by atoms with E-state index in [4.69, 9.17) is 10.00 Å². The van der Waals surface area contributed by atoms with Crippen molar-refractivity contribution >= 4 is 0 Å². The fourth-order valence-corrected chi connectivity index (χ4v) is 2.78. The predicted octanol–water partition coefficient (Wildman–Crippen LogP) is 2.64. The van der Waals surface area contributed by atoms with E-state index in [9.17, 15) is 5.11 Å². The van der Waals surface area contributed by atoms with Crippen molar-refractivity contribution in [1.29, 1.82) is 5.26 Å². The number of hydrogen-bond donors (Lipinski definition) is 1. The second kappa shape index (κ2) is 4.62. The number of nitrogens with zero attached hydrogens (tertiary/aromatic N) is 1. The molecule has 0 aromatic heterocycles. The van der Waals surface area contributed by atoms with E-state index in [0.717, 1.165) is 16.9 Å². The summed E-state index contributed by atoms with van der Waals surface area (Å²) in [6, 6.07) is 8.15. The summed E-state index contributed by atoms with van der Waals surface area (Å²) in [7, 11) is 1.64. The van der Waals surface area contributed by atoms with Gasteiger partial charge in [-0.2, -0.15) is 5.26 Å². The van der Waals surface area contributed by atoms with E-state index in [1.165, 1.54) is 0 Å². The van der Waals surface area contributed by atoms with Gasteiger partial charge in [-0.25, -0.2) is 0 Å². The molecule has 2 atom stereocenters. The first-order valence-corrected chi connectivity index (χ1v) is 6.22. The lowest BCUT2D eigenvalue weighted by molar-refractivity contribution is 0.0214. The van der Waals surface area contributed by atoms with Gasteiger partial charge in [-0.3, -0.25) is 0 Å². The van der Waals surface area contributed by atoms with Gasteiger partial charge in [0.05, 0.1) is 19.3 Å². The summed E-state index contributed by atoms with van der Waals surface area (Å²) in [6.07, 6.45) is 0.662. The van der Waals surface area contributed by atoms with Crippen LogP contribution in [-0.4, -0.2) is 18.3 Å². The van der Waals surface area contributed by atoms with E-state index in [2.05, 4.69) is 6.07 Å². The molecule has 2 unspecified atom stereocenters. The summed E-state index contributed by atoms with van der Waals surface area (Å²) >= 11 is 0. The topological polar surface area (TPSA) is 53.2 Å². The van der Waals surface area contributed by atoms with Gasteiger partial charge in [0, 0.05) is 12.3 Å². The zero-order valence-electron chi connectivity index (χ0n) is 11.1. The molecule has 18 heavy (non-hydrogen) atoms. The summed E-state index contributed by atoms with van der Waals surface area (Å²) in [5, 5.41) is 19.3. The van der Waals surface area contributed by atoms with Crippen LogP contribution in [0.3, 0.4) is 0 Å². The summed E-state index contributed by atoms with van der Waals surface area (Å²) in [4.78, 5) is 0. The molecular formula is C15H19NO2. The largest absolute Gasteiger partial charge is 0.497 e. The molecule has 3 nitrogen and oxygen atoms in total. The van der Waals surface area contributed by atoms with Gasteiger partial charge in [0.15, 0.2) is 0 Å². The van der Waals surface area contributed by atoms with Crippen molar-refractivity contribution in [2.75, 3.05) is 7.11 Å². The monoisotopic (exact) mass is 245 g/mol. The van der Waals surface area contributed by atoms with Gasteiger partial charge in [-0.1, -0.05) is 19.9 Å². The molecule has 0 heterocycles. The molecule has 1 aromatic rings. The Balaban J connectivity index is 2.52. The maximum absolute atomic E-state index is 10.3. The lowest BCUT2D eigenvalue weighted by atomic mass is 9.63. The van der Waals surface area contributed by atoms with Crippen LogP contribution in [0.4, 0.5) is 0 Å². The Bertz CT molecular complexity index is 488. The molecule has 0 radical (unpaired) electrons. The number of hydrogen-bond acceptors (Lipinski definition) is 3. The van der Waals surface area contributed by atoms with Gasteiger partial charge in [-0.15, -0.1) is 0 Å².